The zero-order valence-corrected chi connectivity index (χ0v) is 14.4. The lowest BCUT2D eigenvalue weighted by atomic mass is 10.1. The minimum Gasteiger partial charge on any atom is -0.352 e. The van der Waals surface area contributed by atoms with Crippen LogP contribution >= 0.6 is 0 Å². The number of carbonyl (C=O) groups excluding carboxylic acids is 1. The monoisotopic (exact) mass is 372 g/mol. The third kappa shape index (κ3) is 3.07. The number of rotatable bonds is 3. The van der Waals surface area contributed by atoms with Crippen molar-refractivity contribution in [2.24, 2.45) is 0 Å². The van der Waals surface area contributed by atoms with Gasteiger partial charge in [0.05, 0.1) is 22.6 Å². The molecule has 0 saturated carbocycles. The first-order valence-corrected chi connectivity index (χ1v) is 8.39. The maximum Gasteiger partial charge on any atom is 0.255 e. The molecule has 0 bridgehead atoms. The zero-order valence-electron chi connectivity index (χ0n) is 14.4. The lowest BCUT2D eigenvalue weighted by Crippen LogP contribution is -2.32. The second kappa shape index (κ2) is 6.53. The van der Waals surface area contributed by atoms with Crippen LogP contribution in [-0.2, 0) is 12.8 Å². The molecule has 0 fully saturated rings. The number of carbonyl (C=O) groups is 1. The Kier molecular flexibility index (Phi) is 4.18. The Morgan fingerprint density at radius 3 is 2.67 bits per heavy atom. The number of aryl methyl sites for hydroxylation is 1. The fourth-order valence-electron chi connectivity index (χ4n) is 3.31. The van der Waals surface area contributed by atoms with E-state index in [1.807, 2.05) is 0 Å². The molecule has 1 aliphatic heterocycles. The molecule has 138 valence electrons. The summed E-state index contributed by atoms with van der Waals surface area (Å²) in [6.45, 7) is 2.30. The average Bonchev–Trinajstić information content (AvgIpc) is 2.98. The van der Waals surface area contributed by atoms with Gasteiger partial charge in [-0.3, -0.25) is 9.78 Å². The van der Waals surface area contributed by atoms with E-state index >= 15 is 0 Å². The number of pyridine rings is 1. The maximum absolute atomic E-state index is 13.4. The molecule has 0 saturated heterocycles. The molecule has 5 nitrogen and oxygen atoms in total. The van der Waals surface area contributed by atoms with Gasteiger partial charge in [0.2, 0.25) is 0 Å². The number of nitrogens with zero attached hydrogens (tertiary/aromatic N) is 3. The van der Waals surface area contributed by atoms with E-state index in [9.17, 15) is 18.0 Å². The van der Waals surface area contributed by atoms with Crippen LogP contribution < -0.4 is 5.32 Å². The number of hydrogen-bond acceptors (Lipinski definition) is 3. The van der Waals surface area contributed by atoms with Gasteiger partial charge >= 0.3 is 0 Å². The smallest absolute Gasteiger partial charge is 0.255 e. The minimum absolute atomic E-state index is 0.130. The van der Waals surface area contributed by atoms with E-state index in [0.717, 1.165) is 17.8 Å². The van der Waals surface area contributed by atoms with Crippen LogP contribution in [0.15, 0.2) is 30.5 Å². The van der Waals surface area contributed by atoms with Crippen molar-refractivity contribution in [3.05, 3.63) is 76.1 Å². The molecule has 1 N–H and O–H groups in total. The van der Waals surface area contributed by atoms with Crippen molar-refractivity contribution in [2.45, 2.75) is 19.8 Å². The Morgan fingerprint density at radius 2 is 1.93 bits per heavy atom. The quantitative estimate of drug-likeness (QED) is 0.720. The molecule has 1 aromatic carbocycles. The summed E-state index contributed by atoms with van der Waals surface area (Å²) in [5, 5.41) is 7.26. The third-order valence-corrected chi connectivity index (χ3v) is 4.50. The summed E-state index contributed by atoms with van der Waals surface area (Å²) in [5.41, 5.74) is 3.52. The number of aromatic nitrogens is 3. The first kappa shape index (κ1) is 17.3. The predicted octanol–water partition coefficient (Wildman–Crippen LogP) is 2.87. The molecular formula is C19H15F3N4O. The van der Waals surface area contributed by atoms with E-state index in [1.54, 1.807) is 29.9 Å². The summed E-state index contributed by atoms with van der Waals surface area (Å²) >= 11 is 0. The first-order valence-electron chi connectivity index (χ1n) is 8.39. The molecule has 3 aromatic rings. The SMILES string of the molecule is Cc1nn(-c2ccnc(Cc3cc(F)c(F)c(F)c3)c2)c2c1C(=O)NCC2. The summed E-state index contributed by atoms with van der Waals surface area (Å²) < 4.78 is 41.7. The molecule has 0 spiro atoms. The highest BCUT2D eigenvalue weighted by molar-refractivity contribution is 5.97. The largest absolute Gasteiger partial charge is 0.352 e. The van der Waals surface area contributed by atoms with Gasteiger partial charge in [-0.15, -0.1) is 0 Å². The number of nitrogens with one attached hydrogen (secondary N) is 1. The highest BCUT2D eigenvalue weighted by Gasteiger charge is 2.25. The fourth-order valence-corrected chi connectivity index (χ4v) is 3.31. The van der Waals surface area contributed by atoms with E-state index in [2.05, 4.69) is 15.4 Å². The Bertz CT molecular complexity index is 1040. The molecule has 1 amide bonds. The van der Waals surface area contributed by atoms with Gasteiger partial charge in [0, 0.05) is 31.3 Å². The van der Waals surface area contributed by atoms with Crippen LogP contribution in [0.25, 0.3) is 5.69 Å². The van der Waals surface area contributed by atoms with Crippen LogP contribution in [0.1, 0.15) is 33.0 Å². The molecule has 0 aliphatic carbocycles. The highest BCUT2D eigenvalue weighted by Crippen LogP contribution is 2.23. The number of halogens is 3. The number of hydrogen-bond donors (Lipinski definition) is 1. The van der Waals surface area contributed by atoms with Crippen LogP contribution in [0, 0.1) is 24.4 Å². The van der Waals surface area contributed by atoms with Gasteiger partial charge in [-0.1, -0.05) is 0 Å². The van der Waals surface area contributed by atoms with E-state index in [0.29, 0.717) is 35.6 Å². The van der Waals surface area contributed by atoms with Gasteiger partial charge in [-0.05, 0) is 36.8 Å². The number of fused-ring (bicyclic) bond motifs is 1. The lowest BCUT2D eigenvalue weighted by Gasteiger charge is -2.15. The van der Waals surface area contributed by atoms with Crippen molar-refractivity contribution >= 4 is 5.91 Å². The molecule has 2 aromatic heterocycles. The van der Waals surface area contributed by atoms with Gasteiger partial charge in [-0.2, -0.15) is 5.10 Å². The summed E-state index contributed by atoms with van der Waals surface area (Å²) in [6, 6.07) is 5.39. The standard InChI is InChI=1S/C19H15F3N4O/c1-10-17-16(3-5-24-19(17)27)26(25-10)13-2-4-23-12(9-13)6-11-7-14(20)18(22)15(21)8-11/h2,4,7-9H,3,5-6H2,1H3,(H,24,27). The van der Waals surface area contributed by atoms with Crippen LogP contribution in [0.4, 0.5) is 13.2 Å². The van der Waals surface area contributed by atoms with E-state index in [-0.39, 0.29) is 17.9 Å². The lowest BCUT2D eigenvalue weighted by molar-refractivity contribution is 0.0945. The summed E-state index contributed by atoms with van der Waals surface area (Å²) in [7, 11) is 0. The van der Waals surface area contributed by atoms with Gasteiger partial charge in [0.25, 0.3) is 5.91 Å². The van der Waals surface area contributed by atoms with Crippen LogP contribution in [0.5, 0.6) is 0 Å². The van der Waals surface area contributed by atoms with E-state index in [1.165, 1.54) is 0 Å². The topological polar surface area (TPSA) is 59.8 Å². The van der Waals surface area contributed by atoms with Crippen molar-refractivity contribution in [3.8, 4) is 5.69 Å². The zero-order chi connectivity index (χ0) is 19.1. The number of amides is 1. The molecule has 4 rings (SSSR count). The second-order valence-corrected chi connectivity index (χ2v) is 6.38. The Labute approximate surface area is 152 Å². The molecular weight excluding hydrogens is 357 g/mol. The third-order valence-electron chi connectivity index (χ3n) is 4.50. The minimum atomic E-state index is -1.49. The molecule has 27 heavy (non-hydrogen) atoms. The second-order valence-electron chi connectivity index (χ2n) is 6.38. The summed E-state index contributed by atoms with van der Waals surface area (Å²) in [4.78, 5) is 16.3. The number of benzene rings is 1. The highest BCUT2D eigenvalue weighted by atomic mass is 19.2. The molecule has 1 aliphatic rings. The molecule has 0 atom stereocenters. The van der Waals surface area contributed by atoms with Gasteiger partial charge in [-0.25, -0.2) is 17.9 Å². The van der Waals surface area contributed by atoms with Gasteiger partial charge < -0.3 is 5.32 Å². The Morgan fingerprint density at radius 1 is 1.19 bits per heavy atom. The average molecular weight is 372 g/mol. The fraction of sp³-hybridized carbons (Fsp3) is 0.211. The molecule has 0 radical (unpaired) electrons. The first-order chi connectivity index (χ1) is 12.9. The summed E-state index contributed by atoms with van der Waals surface area (Å²) in [5.74, 6) is -4.10. The van der Waals surface area contributed by atoms with Crippen LogP contribution in [0.3, 0.4) is 0 Å². The van der Waals surface area contributed by atoms with Crippen molar-refractivity contribution in [3.63, 3.8) is 0 Å². The molecule has 3 heterocycles. The normalized spacial score (nSPS) is 13.4. The van der Waals surface area contributed by atoms with Crippen LogP contribution in [0.2, 0.25) is 0 Å². The van der Waals surface area contributed by atoms with E-state index in [4.69, 9.17) is 0 Å². The van der Waals surface area contributed by atoms with Crippen molar-refractivity contribution in [1.82, 2.24) is 20.1 Å². The Balaban J connectivity index is 1.70. The summed E-state index contributed by atoms with van der Waals surface area (Å²) in [6.07, 6.45) is 2.34. The van der Waals surface area contributed by atoms with Gasteiger partial charge in [0.15, 0.2) is 17.5 Å². The maximum atomic E-state index is 13.4. The van der Waals surface area contributed by atoms with Crippen molar-refractivity contribution in [2.75, 3.05) is 6.54 Å². The molecule has 0 unspecified atom stereocenters. The van der Waals surface area contributed by atoms with Crippen LogP contribution in [-0.4, -0.2) is 27.2 Å². The Hall–Kier alpha value is -3.16. The van der Waals surface area contributed by atoms with E-state index < -0.39 is 17.5 Å². The molecule has 8 heteroatoms. The van der Waals surface area contributed by atoms with Gasteiger partial charge in [0.1, 0.15) is 0 Å². The van der Waals surface area contributed by atoms with Crippen molar-refractivity contribution < 1.29 is 18.0 Å². The van der Waals surface area contributed by atoms with Crippen molar-refractivity contribution in [1.29, 1.82) is 0 Å². The predicted molar refractivity (Wildman–Crippen MR) is 91.3 cm³/mol.